The summed E-state index contributed by atoms with van der Waals surface area (Å²) in [6.07, 6.45) is 2.20. The van der Waals surface area contributed by atoms with Crippen LogP contribution in [0, 0.1) is 0 Å². The molecule has 2 aromatic heterocycles. The molecule has 1 fully saturated rings. The summed E-state index contributed by atoms with van der Waals surface area (Å²) < 4.78 is 2.72. The summed E-state index contributed by atoms with van der Waals surface area (Å²) in [6, 6.07) is 11.3. The van der Waals surface area contributed by atoms with Gasteiger partial charge >= 0.3 is 0 Å². The van der Waals surface area contributed by atoms with Crippen LogP contribution in [0.4, 0.5) is 5.69 Å². The smallest absolute Gasteiger partial charge is 0.264 e. The van der Waals surface area contributed by atoms with Gasteiger partial charge in [0.25, 0.3) is 5.91 Å². The molecule has 8 nitrogen and oxygen atoms in total. The molecule has 0 aliphatic heterocycles. The average molecular weight is 461 g/mol. The Bertz CT molecular complexity index is 1010. The van der Waals surface area contributed by atoms with Crippen LogP contribution in [0.25, 0.3) is 11.4 Å². The van der Waals surface area contributed by atoms with E-state index in [1.165, 1.54) is 16.2 Å². The van der Waals surface area contributed by atoms with E-state index < -0.39 is 0 Å². The summed E-state index contributed by atoms with van der Waals surface area (Å²) in [5.41, 5.74) is 1.55. The standard InChI is InChI=1S/C18H17BrN6O2S/c1-24(18(27)14-8-9-15(19)28-14)10-16(26)20-12-4-2-11(3-5-12)17-21-22-23-25(17)13-6-7-13/h2-5,8-9,13H,6-7,10H2,1H3,(H,20,26). The Morgan fingerprint density at radius 3 is 2.64 bits per heavy atom. The summed E-state index contributed by atoms with van der Waals surface area (Å²) in [4.78, 5) is 26.6. The third-order valence-corrected chi connectivity index (χ3v) is 5.94. The lowest BCUT2D eigenvalue weighted by molar-refractivity contribution is -0.116. The molecule has 1 aliphatic carbocycles. The molecule has 2 amide bonds. The lowest BCUT2D eigenvalue weighted by Gasteiger charge is -2.16. The molecule has 1 N–H and O–H groups in total. The quantitative estimate of drug-likeness (QED) is 0.609. The van der Waals surface area contributed by atoms with E-state index in [2.05, 4.69) is 36.8 Å². The molecule has 0 spiro atoms. The molecule has 144 valence electrons. The van der Waals surface area contributed by atoms with Gasteiger partial charge in [-0.3, -0.25) is 9.59 Å². The zero-order chi connectivity index (χ0) is 19.7. The van der Waals surface area contributed by atoms with E-state index >= 15 is 0 Å². The number of aromatic nitrogens is 4. The number of carbonyl (C=O) groups is 2. The number of hydrogen-bond acceptors (Lipinski definition) is 6. The number of amides is 2. The van der Waals surface area contributed by atoms with Crippen LogP contribution >= 0.6 is 27.3 Å². The second kappa shape index (κ2) is 7.80. The van der Waals surface area contributed by atoms with Gasteiger partial charge in [-0.1, -0.05) is 0 Å². The van der Waals surface area contributed by atoms with Crippen LogP contribution in [0.15, 0.2) is 40.2 Å². The maximum Gasteiger partial charge on any atom is 0.264 e. The van der Waals surface area contributed by atoms with Gasteiger partial charge in [0.15, 0.2) is 5.82 Å². The topological polar surface area (TPSA) is 93.0 Å². The molecule has 3 aromatic rings. The monoisotopic (exact) mass is 460 g/mol. The highest BCUT2D eigenvalue weighted by molar-refractivity contribution is 9.11. The Balaban J connectivity index is 1.36. The van der Waals surface area contributed by atoms with Gasteiger partial charge in [-0.15, -0.1) is 16.4 Å². The summed E-state index contributed by atoms with van der Waals surface area (Å²) in [5, 5.41) is 14.7. The molecule has 0 unspecified atom stereocenters. The number of likely N-dealkylation sites (N-methyl/N-ethyl adjacent to an activating group) is 1. The second-order valence-corrected chi connectivity index (χ2v) is 9.03. The van der Waals surface area contributed by atoms with Gasteiger partial charge in [0.1, 0.15) is 0 Å². The first kappa shape index (κ1) is 18.8. The van der Waals surface area contributed by atoms with Crippen molar-refractivity contribution < 1.29 is 9.59 Å². The minimum absolute atomic E-state index is 0.0317. The van der Waals surface area contributed by atoms with E-state index in [0.29, 0.717) is 16.6 Å². The zero-order valence-corrected chi connectivity index (χ0v) is 17.4. The Labute approximate surface area is 173 Å². The van der Waals surface area contributed by atoms with E-state index in [1.54, 1.807) is 25.2 Å². The Kier molecular flexibility index (Phi) is 5.23. The van der Waals surface area contributed by atoms with Crippen LogP contribution in [-0.4, -0.2) is 50.5 Å². The fraction of sp³-hybridized carbons (Fsp3) is 0.278. The number of halogens is 1. The summed E-state index contributed by atoms with van der Waals surface area (Å²) in [7, 11) is 1.61. The fourth-order valence-electron chi connectivity index (χ4n) is 2.76. The number of nitrogens with zero attached hydrogens (tertiary/aromatic N) is 5. The van der Waals surface area contributed by atoms with Crippen molar-refractivity contribution in [2.45, 2.75) is 18.9 Å². The van der Waals surface area contributed by atoms with Gasteiger partial charge in [-0.2, -0.15) is 0 Å². The molecule has 10 heteroatoms. The number of rotatable bonds is 6. The molecular formula is C18H17BrN6O2S. The lowest BCUT2D eigenvalue weighted by atomic mass is 10.2. The maximum absolute atomic E-state index is 12.3. The Morgan fingerprint density at radius 2 is 2.00 bits per heavy atom. The van der Waals surface area contributed by atoms with Gasteiger partial charge in [0, 0.05) is 18.3 Å². The first-order valence-electron chi connectivity index (χ1n) is 8.70. The molecule has 1 saturated carbocycles. The highest BCUT2D eigenvalue weighted by Gasteiger charge is 2.28. The van der Waals surface area contributed by atoms with E-state index in [4.69, 9.17) is 0 Å². The summed E-state index contributed by atoms with van der Waals surface area (Å²) in [5.74, 6) is 0.281. The number of hydrogen-bond donors (Lipinski definition) is 1. The van der Waals surface area contributed by atoms with Crippen LogP contribution in [0.5, 0.6) is 0 Å². The molecule has 0 saturated heterocycles. The highest BCUT2D eigenvalue weighted by Crippen LogP contribution is 2.36. The van der Waals surface area contributed by atoms with Crippen LogP contribution in [0.2, 0.25) is 0 Å². The van der Waals surface area contributed by atoms with Crippen molar-refractivity contribution in [3.05, 3.63) is 45.1 Å². The number of tetrazole rings is 1. The SMILES string of the molecule is CN(CC(=O)Nc1ccc(-c2nnnn2C2CC2)cc1)C(=O)c1ccc(Br)s1. The Morgan fingerprint density at radius 1 is 1.25 bits per heavy atom. The number of benzene rings is 1. The fourth-order valence-corrected chi connectivity index (χ4v) is 4.14. The van der Waals surface area contributed by atoms with Gasteiger partial charge in [0.2, 0.25) is 5.91 Å². The number of carbonyl (C=O) groups excluding carboxylic acids is 2. The van der Waals surface area contributed by atoms with Crippen molar-refractivity contribution in [3.8, 4) is 11.4 Å². The summed E-state index contributed by atoms with van der Waals surface area (Å²) in [6.45, 7) is -0.0317. The molecule has 1 aliphatic rings. The number of nitrogens with one attached hydrogen (secondary N) is 1. The van der Waals surface area contributed by atoms with E-state index in [1.807, 2.05) is 22.9 Å². The average Bonchev–Trinajstić information content (AvgIpc) is 3.24. The normalized spacial score (nSPS) is 13.4. The molecule has 0 atom stereocenters. The largest absolute Gasteiger partial charge is 0.332 e. The molecule has 4 rings (SSSR count). The van der Waals surface area contributed by atoms with Crippen molar-refractivity contribution in [3.63, 3.8) is 0 Å². The number of anilines is 1. The van der Waals surface area contributed by atoms with Gasteiger partial charge in [0.05, 0.1) is 21.3 Å². The first-order valence-corrected chi connectivity index (χ1v) is 10.3. The predicted molar refractivity (Wildman–Crippen MR) is 109 cm³/mol. The van der Waals surface area contributed by atoms with Gasteiger partial charge in [-0.25, -0.2) is 4.68 Å². The maximum atomic E-state index is 12.3. The molecule has 0 radical (unpaired) electrons. The van der Waals surface area contributed by atoms with E-state index in [0.717, 1.165) is 28.0 Å². The minimum atomic E-state index is -0.262. The van der Waals surface area contributed by atoms with Gasteiger partial charge in [-0.05, 0) is 75.6 Å². The van der Waals surface area contributed by atoms with Crippen molar-refractivity contribution in [2.75, 3.05) is 18.9 Å². The third kappa shape index (κ3) is 4.12. The summed E-state index contributed by atoms with van der Waals surface area (Å²) >= 11 is 4.67. The van der Waals surface area contributed by atoms with Gasteiger partial charge < -0.3 is 10.2 Å². The molecule has 1 aromatic carbocycles. The Hall–Kier alpha value is -2.59. The molecule has 2 heterocycles. The highest BCUT2D eigenvalue weighted by atomic mass is 79.9. The number of thiophene rings is 1. The molecule has 28 heavy (non-hydrogen) atoms. The van der Waals surface area contributed by atoms with Crippen molar-refractivity contribution in [2.24, 2.45) is 0 Å². The van der Waals surface area contributed by atoms with Crippen molar-refractivity contribution >= 4 is 44.8 Å². The second-order valence-electron chi connectivity index (χ2n) is 6.57. The minimum Gasteiger partial charge on any atom is -0.332 e. The first-order chi connectivity index (χ1) is 13.5. The van der Waals surface area contributed by atoms with Crippen LogP contribution in [0.1, 0.15) is 28.6 Å². The van der Waals surface area contributed by atoms with Crippen molar-refractivity contribution in [1.82, 2.24) is 25.1 Å². The van der Waals surface area contributed by atoms with Crippen LogP contribution in [0.3, 0.4) is 0 Å². The zero-order valence-electron chi connectivity index (χ0n) is 15.0. The predicted octanol–water partition coefficient (Wildman–Crippen LogP) is 3.21. The van der Waals surface area contributed by atoms with Crippen LogP contribution in [-0.2, 0) is 4.79 Å². The van der Waals surface area contributed by atoms with Crippen LogP contribution < -0.4 is 5.32 Å². The molecular weight excluding hydrogens is 444 g/mol. The lowest BCUT2D eigenvalue weighted by Crippen LogP contribution is -2.34. The van der Waals surface area contributed by atoms with Crippen molar-refractivity contribution in [1.29, 1.82) is 0 Å². The molecule has 0 bridgehead atoms. The van der Waals surface area contributed by atoms with E-state index in [9.17, 15) is 9.59 Å². The third-order valence-electron chi connectivity index (χ3n) is 4.32. The van der Waals surface area contributed by atoms with E-state index in [-0.39, 0.29) is 18.4 Å².